The molecule has 0 spiro atoms. The van der Waals surface area contributed by atoms with E-state index in [0.717, 1.165) is 15.8 Å². The monoisotopic (exact) mass is 326 g/mol. The topological polar surface area (TPSA) is 29.5 Å². The van der Waals surface area contributed by atoms with Crippen LogP contribution in [-0.4, -0.2) is 5.11 Å². The molecule has 2 rings (SSSR count). The molecule has 0 amide bonds. The summed E-state index contributed by atoms with van der Waals surface area (Å²) in [6, 6.07) is 12.6. The van der Waals surface area contributed by atoms with E-state index < -0.39 is 6.10 Å². The van der Waals surface area contributed by atoms with Gasteiger partial charge in [-0.25, -0.2) is 0 Å². The predicted molar refractivity (Wildman–Crippen MR) is 76.3 cm³/mol. The number of halogens is 2. The first-order valence-electron chi connectivity index (χ1n) is 5.47. The van der Waals surface area contributed by atoms with Gasteiger partial charge in [-0.3, -0.25) is 0 Å². The molecule has 0 aliphatic carbocycles. The quantitative estimate of drug-likeness (QED) is 0.864. The maximum Gasteiger partial charge on any atom is 0.128 e. The minimum Gasteiger partial charge on any atom is -0.457 e. The van der Waals surface area contributed by atoms with Gasteiger partial charge < -0.3 is 9.84 Å². The molecule has 0 saturated carbocycles. The van der Waals surface area contributed by atoms with Gasteiger partial charge in [0.05, 0.1) is 6.10 Å². The Labute approximate surface area is 119 Å². The zero-order valence-corrected chi connectivity index (χ0v) is 12.1. The van der Waals surface area contributed by atoms with Gasteiger partial charge in [-0.2, -0.15) is 0 Å². The van der Waals surface area contributed by atoms with E-state index in [1.54, 1.807) is 31.2 Å². The SMILES string of the molecule is CC(O)c1ccc(Oc2ccc(Cl)cc2)cc1Br. The first-order chi connectivity index (χ1) is 8.56. The summed E-state index contributed by atoms with van der Waals surface area (Å²) in [5.74, 6) is 1.42. The zero-order valence-electron chi connectivity index (χ0n) is 9.73. The maximum atomic E-state index is 9.53. The Bertz CT molecular complexity index is 538. The highest BCUT2D eigenvalue weighted by molar-refractivity contribution is 9.10. The lowest BCUT2D eigenvalue weighted by Gasteiger charge is -2.10. The summed E-state index contributed by atoms with van der Waals surface area (Å²) in [7, 11) is 0. The molecule has 0 radical (unpaired) electrons. The molecule has 1 N–H and O–H groups in total. The van der Waals surface area contributed by atoms with Gasteiger partial charge in [0.25, 0.3) is 0 Å². The highest BCUT2D eigenvalue weighted by Gasteiger charge is 2.07. The smallest absolute Gasteiger partial charge is 0.128 e. The van der Waals surface area contributed by atoms with Crippen molar-refractivity contribution in [2.45, 2.75) is 13.0 Å². The summed E-state index contributed by atoms with van der Waals surface area (Å²) in [6.45, 7) is 1.72. The van der Waals surface area contributed by atoms with Gasteiger partial charge >= 0.3 is 0 Å². The summed E-state index contributed by atoms with van der Waals surface area (Å²) in [6.07, 6.45) is -0.510. The molecule has 2 nitrogen and oxygen atoms in total. The van der Waals surface area contributed by atoms with Crippen LogP contribution in [0.1, 0.15) is 18.6 Å². The normalized spacial score (nSPS) is 12.2. The molecule has 2 aromatic carbocycles. The molecule has 18 heavy (non-hydrogen) atoms. The van der Waals surface area contributed by atoms with Crippen molar-refractivity contribution in [3.05, 3.63) is 57.5 Å². The Hall–Kier alpha value is -1.03. The van der Waals surface area contributed by atoms with Crippen LogP contribution in [0.5, 0.6) is 11.5 Å². The third-order valence-electron chi connectivity index (χ3n) is 2.47. The van der Waals surface area contributed by atoms with Gasteiger partial charge in [0.2, 0.25) is 0 Å². The van der Waals surface area contributed by atoms with Crippen LogP contribution in [0.2, 0.25) is 5.02 Å². The Morgan fingerprint density at radius 3 is 2.28 bits per heavy atom. The molecule has 0 heterocycles. The molecule has 1 unspecified atom stereocenters. The highest BCUT2D eigenvalue weighted by Crippen LogP contribution is 2.30. The van der Waals surface area contributed by atoms with E-state index in [1.165, 1.54) is 0 Å². The molecule has 0 saturated heterocycles. The lowest BCUT2D eigenvalue weighted by molar-refractivity contribution is 0.198. The van der Waals surface area contributed by atoms with E-state index in [-0.39, 0.29) is 0 Å². The summed E-state index contributed by atoms with van der Waals surface area (Å²) in [5.41, 5.74) is 0.832. The van der Waals surface area contributed by atoms with E-state index in [1.807, 2.05) is 18.2 Å². The largest absolute Gasteiger partial charge is 0.457 e. The van der Waals surface area contributed by atoms with E-state index in [4.69, 9.17) is 16.3 Å². The molecule has 0 aromatic heterocycles. The molecule has 0 aliphatic rings. The minimum atomic E-state index is -0.510. The number of benzene rings is 2. The fraction of sp³-hybridized carbons (Fsp3) is 0.143. The van der Waals surface area contributed by atoms with Gasteiger partial charge in [0.15, 0.2) is 0 Å². The van der Waals surface area contributed by atoms with Gasteiger partial charge in [-0.15, -0.1) is 0 Å². The molecule has 4 heteroatoms. The van der Waals surface area contributed by atoms with Gasteiger partial charge in [0, 0.05) is 9.50 Å². The number of hydrogen-bond donors (Lipinski definition) is 1. The number of rotatable bonds is 3. The van der Waals surface area contributed by atoms with Crippen molar-refractivity contribution in [3.8, 4) is 11.5 Å². The average molecular weight is 328 g/mol. The number of ether oxygens (including phenoxy) is 1. The molecular weight excluding hydrogens is 316 g/mol. The molecular formula is C14H12BrClO2. The van der Waals surface area contributed by atoms with Crippen LogP contribution < -0.4 is 4.74 Å². The van der Waals surface area contributed by atoms with Gasteiger partial charge in [0.1, 0.15) is 11.5 Å². The highest BCUT2D eigenvalue weighted by atomic mass is 79.9. The summed E-state index contributed by atoms with van der Waals surface area (Å²) < 4.78 is 6.50. The minimum absolute atomic E-state index is 0.510. The fourth-order valence-corrected chi connectivity index (χ4v) is 2.36. The van der Waals surface area contributed by atoms with Crippen LogP contribution in [0.3, 0.4) is 0 Å². The van der Waals surface area contributed by atoms with E-state index in [2.05, 4.69) is 15.9 Å². The van der Waals surface area contributed by atoms with Crippen LogP contribution in [0.25, 0.3) is 0 Å². The standard InChI is InChI=1S/C14H12BrClO2/c1-9(17)13-7-6-12(8-14(13)15)18-11-4-2-10(16)3-5-11/h2-9,17H,1H3. The predicted octanol–water partition coefficient (Wildman–Crippen LogP) is 4.95. The fourth-order valence-electron chi connectivity index (χ4n) is 1.55. The molecule has 1 atom stereocenters. The molecule has 0 bridgehead atoms. The summed E-state index contributed by atoms with van der Waals surface area (Å²) in [5, 5.41) is 10.2. The Morgan fingerprint density at radius 2 is 1.72 bits per heavy atom. The molecule has 0 fully saturated rings. The van der Waals surface area contributed by atoms with Crippen molar-refractivity contribution in [1.82, 2.24) is 0 Å². The van der Waals surface area contributed by atoms with Crippen LogP contribution in [0.15, 0.2) is 46.9 Å². The lowest BCUT2D eigenvalue weighted by atomic mass is 10.1. The molecule has 94 valence electrons. The second-order valence-electron chi connectivity index (χ2n) is 3.92. The second-order valence-corrected chi connectivity index (χ2v) is 5.21. The number of aliphatic hydroxyl groups excluding tert-OH is 1. The molecule has 0 aliphatic heterocycles. The maximum absolute atomic E-state index is 9.53. The number of aliphatic hydroxyl groups is 1. The van der Waals surface area contributed by atoms with Crippen molar-refractivity contribution in [2.24, 2.45) is 0 Å². The van der Waals surface area contributed by atoms with Crippen molar-refractivity contribution in [3.63, 3.8) is 0 Å². The van der Waals surface area contributed by atoms with E-state index >= 15 is 0 Å². The number of hydrogen-bond acceptors (Lipinski definition) is 2. The van der Waals surface area contributed by atoms with Crippen LogP contribution in [0, 0.1) is 0 Å². The van der Waals surface area contributed by atoms with Crippen molar-refractivity contribution < 1.29 is 9.84 Å². The van der Waals surface area contributed by atoms with E-state index in [0.29, 0.717) is 10.8 Å². The molecule has 2 aromatic rings. The van der Waals surface area contributed by atoms with Gasteiger partial charge in [-0.05, 0) is 48.9 Å². The Kier molecular flexibility index (Phi) is 4.27. The Balaban J connectivity index is 2.20. The zero-order chi connectivity index (χ0) is 13.1. The van der Waals surface area contributed by atoms with Gasteiger partial charge in [-0.1, -0.05) is 33.6 Å². The van der Waals surface area contributed by atoms with E-state index in [9.17, 15) is 5.11 Å². The van der Waals surface area contributed by atoms with Crippen LogP contribution >= 0.6 is 27.5 Å². The second kappa shape index (κ2) is 5.74. The van der Waals surface area contributed by atoms with Crippen molar-refractivity contribution in [1.29, 1.82) is 0 Å². The van der Waals surface area contributed by atoms with Crippen LogP contribution in [-0.2, 0) is 0 Å². The average Bonchev–Trinajstić information content (AvgIpc) is 2.32. The first-order valence-corrected chi connectivity index (χ1v) is 6.64. The third kappa shape index (κ3) is 3.25. The summed E-state index contributed by atoms with van der Waals surface area (Å²) >= 11 is 9.22. The first kappa shape index (κ1) is 13.4. The lowest BCUT2D eigenvalue weighted by Crippen LogP contribution is -1.93. The van der Waals surface area contributed by atoms with Crippen molar-refractivity contribution in [2.75, 3.05) is 0 Å². The van der Waals surface area contributed by atoms with Crippen molar-refractivity contribution >= 4 is 27.5 Å². The summed E-state index contributed by atoms with van der Waals surface area (Å²) in [4.78, 5) is 0. The third-order valence-corrected chi connectivity index (χ3v) is 3.41. The van der Waals surface area contributed by atoms with Crippen LogP contribution in [0.4, 0.5) is 0 Å². The Morgan fingerprint density at radius 1 is 1.11 bits per heavy atom.